The van der Waals surface area contributed by atoms with E-state index in [-0.39, 0.29) is 5.54 Å². The van der Waals surface area contributed by atoms with Crippen LogP contribution in [0, 0.1) is 0 Å². The fourth-order valence-corrected chi connectivity index (χ4v) is 2.64. The Labute approximate surface area is 95.2 Å². The fraction of sp³-hybridized carbons (Fsp3) is 1.00. The first kappa shape index (κ1) is 13.0. The molecule has 1 aliphatic carbocycles. The van der Waals surface area contributed by atoms with E-state index >= 15 is 0 Å². The van der Waals surface area contributed by atoms with Crippen LogP contribution in [-0.4, -0.2) is 29.6 Å². The van der Waals surface area contributed by atoms with Crippen molar-refractivity contribution >= 4 is 0 Å². The molecule has 1 saturated carbocycles. The van der Waals surface area contributed by atoms with E-state index in [4.69, 9.17) is 5.73 Å². The zero-order valence-electron chi connectivity index (χ0n) is 10.8. The van der Waals surface area contributed by atoms with Gasteiger partial charge < -0.3 is 10.6 Å². The van der Waals surface area contributed by atoms with E-state index in [1.165, 1.54) is 45.1 Å². The number of nitrogens with zero attached hydrogens (tertiary/aromatic N) is 1. The number of nitrogens with two attached hydrogens (primary N) is 1. The number of hydrogen-bond donors (Lipinski definition) is 1. The molecule has 0 bridgehead atoms. The molecule has 1 aliphatic rings. The highest BCUT2D eigenvalue weighted by molar-refractivity contribution is 4.90. The molecule has 0 heterocycles. The Kier molecular flexibility index (Phi) is 5.07. The third-order valence-corrected chi connectivity index (χ3v) is 4.12. The van der Waals surface area contributed by atoms with Crippen LogP contribution in [0.5, 0.6) is 0 Å². The summed E-state index contributed by atoms with van der Waals surface area (Å²) in [6.07, 6.45) is 7.59. The summed E-state index contributed by atoms with van der Waals surface area (Å²) in [6, 6.07) is 0.708. The van der Waals surface area contributed by atoms with Crippen molar-refractivity contribution in [3.05, 3.63) is 0 Å². The van der Waals surface area contributed by atoms with Crippen LogP contribution in [0.2, 0.25) is 0 Å². The molecule has 2 nitrogen and oxygen atoms in total. The van der Waals surface area contributed by atoms with Gasteiger partial charge >= 0.3 is 0 Å². The van der Waals surface area contributed by atoms with Crippen molar-refractivity contribution in [2.24, 2.45) is 5.73 Å². The highest BCUT2D eigenvalue weighted by Crippen LogP contribution is 2.30. The quantitative estimate of drug-likeness (QED) is 0.733. The Balaban J connectivity index is 2.33. The van der Waals surface area contributed by atoms with E-state index in [1.807, 2.05) is 0 Å². The molecule has 1 rings (SSSR count). The second kappa shape index (κ2) is 5.86. The van der Waals surface area contributed by atoms with Gasteiger partial charge in [0.1, 0.15) is 0 Å². The van der Waals surface area contributed by atoms with Gasteiger partial charge in [0.25, 0.3) is 0 Å². The Bertz CT molecular complexity index is 173. The normalized spacial score (nSPS) is 22.2. The maximum atomic E-state index is 6.38. The van der Waals surface area contributed by atoms with Crippen molar-refractivity contribution in [3.63, 3.8) is 0 Å². The molecule has 0 spiro atoms. The number of hydrogen-bond acceptors (Lipinski definition) is 2. The maximum absolute atomic E-state index is 6.38. The van der Waals surface area contributed by atoms with Crippen LogP contribution in [0.4, 0.5) is 0 Å². The molecule has 0 aliphatic heterocycles. The monoisotopic (exact) mass is 212 g/mol. The van der Waals surface area contributed by atoms with Crippen LogP contribution in [-0.2, 0) is 0 Å². The first-order valence-electron chi connectivity index (χ1n) is 6.64. The van der Waals surface area contributed by atoms with Gasteiger partial charge in [0.15, 0.2) is 0 Å². The lowest BCUT2D eigenvalue weighted by molar-refractivity contribution is 0.191. The zero-order valence-corrected chi connectivity index (χ0v) is 10.8. The average molecular weight is 212 g/mol. The standard InChI is InChI=1S/C13H28N2/c1-4-12(3)15(5-2)11-10-13(14)8-6-7-9-13/h12H,4-11,14H2,1-3H3. The molecule has 2 heteroatoms. The lowest BCUT2D eigenvalue weighted by Gasteiger charge is -2.31. The van der Waals surface area contributed by atoms with E-state index in [0.717, 1.165) is 6.54 Å². The summed E-state index contributed by atoms with van der Waals surface area (Å²) in [7, 11) is 0. The SMILES string of the molecule is CCC(C)N(CC)CCC1(N)CCCC1. The summed E-state index contributed by atoms with van der Waals surface area (Å²) < 4.78 is 0. The maximum Gasteiger partial charge on any atom is 0.0166 e. The summed E-state index contributed by atoms with van der Waals surface area (Å²) in [5.74, 6) is 0. The molecule has 0 saturated heterocycles. The van der Waals surface area contributed by atoms with Crippen molar-refractivity contribution in [2.45, 2.75) is 70.9 Å². The Morgan fingerprint density at radius 2 is 1.87 bits per heavy atom. The molecule has 1 fully saturated rings. The number of rotatable bonds is 6. The van der Waals surface area contributed by atoms with Crippen molar-refractivity contribution < 1.29 is 0 Å². The molecular weight excluding hydrogens is 184 g/mol. The second-order valence-electron chi connectivity index (χ2n) is 5.21. The molecule has 0 aromatic carbocycles. The third kappa shape index (κ3) is 3.76. The molecule has 0 aromatic heterocycles. The highest BCUT2D eigenvalue weighted by Gasteiger charge is 2.29. The first-order chi connectivity index (χ1) is 7.11. The van der Waals surface area contributed by atoms with E-state index in [9.17, 15) is 0 Å². The molecule has 0 amide bonds. The van der Waals surface area contributed by atoms with Gasteiger partial charge in [-0.05, 0) is 39.2 Å². The topological polar surface area (TPSA) is 29.3 Å². The van der Waals surface area contributed by atoms with Gasteiger partial charge in [0.05, 0.1) is 0 Å². The molecule has 1 atom stereocenters. The molecule has 0 aromatic rings. The summed E-state index contributed by atoms with van der Waals surface area (Å²) in [4.78, 5) is 2.56. The molecule has 90 valence electrons. The molecule has 2 N–H and O–H groups in total. The predicted octanol–water partition coefficient (Wildman–Crippen LogP) is 2.77. The smallest absolute Gasteiger partial charge is 0.0166 e. The molecular formula is C13H28N2. The minimum absolute atomic E-state index is 0.168. The average Bonchev–Trinajstić information content (AvgIpc) is 2.66. The van der Waals surface area contributed by atoms with E-state index < -0.39 is 0 Å². The van der Waals surface area contributed by atoms with Crippen LogP contribution in [0.1, 0.15) is 59.3 Å². The molecule has 15 heavy (non-hydrogen) atoms. The summed E-state index contributed by atoms with van der Waals surface area (Å²) in [6.45, 7) is 9.18. The lowest BCUT2D eigenvalue weighted by Crippen LogP contribution is -2.42. The van der Waals surface area contributed by atoms with Crippen LogP contribution >= 0.6 is 0 Å². The zero-order chi connectivity index (χ0) is 11.3. The van der Waals surface area contributed by atoms with Gasteiger partial charge in [-0.15, -0.1) is 0 Å². The molecule has 0 radical (unpaired) electrons. The third-order valence-electron chi connectivity index (χ3n) is 4.12. The summed E-state index contributed by atoms with van der Waals surface area (Å²) in [5, 5.41) is 0. The predicted molar refractivity (Wildman–Crippen MR) is 67.0 cm³/mol. The van der Waals surface area contributed by atoms with Crippen LogP contribution in [0.3, 0.4) is 0 Å². The van der Waals surface area contributed by atoms with Crippen LogP contribution in [0.25, 0.3) is 0 Å². The van der Waals surface area contributed by atoms with Gasteiger partial charge in [-0.1, -0.05) is 26.7 Å². The van der Waals surface area contributed by atoms with Gasteiger partial charge in [-0.3, -0.25) is 0 Å². The summed E-state index contributed by atoms with van der Waals surface area (Å²) >= 11 is 0. The minimum Gasteiger partial charge on any atom is -0.325 e. The van der Waals surface area contributed by atoms with Gasteiger partial charge in [0.2, 0.25) is 0 Å². The first-order valence-corrected chi connectivity index (χ1v) is 6.64. The van der Waals surface area contributed by atoms with E-state index in [1.54, 1.807) is 0 Å². The van der Waals surface area contributed by atoms with Crippen LogP contribution in [0.15, 0.2) is 0 Å². The second-order valence-corrected chi connectivity index (χ2v) is 5.21. The van der Waals surface area contributed by atoms with Crippen molar-refractivity contribution in [1.82, 2.24) is 4.90 Å². The largest absolute Gasteiger partial charge is 0.325 e. The van der Waals surface area contributed by atoms with E-state index in [2.05, 4.69) is 25.7 Å². The lowest BCUT2D eigenvalue weighted by atomic mass is 9.94. The fourth-order valence-electron chi connectivity index (χ4n) is 2.64. The Morgan fingerprint density at radius 1 is 1.27 bits per heavy atom. The van der Waals surface area contributed by atoms with Crippen molar-refractivity contribution in [3.8, 4) is 0 Å². The summed E-state index contributed by atoms with van der Waals surface area (Å²) in [5.41, 5.74) is 6.54. The molecule has 1 unspecified atom stereocenters. The Morgan fingerprint density at radius 3 is 2.33 bits per heavy atom. The van der Waals surface area contributed by atoms with Crippen LogP contribution < -0.4 is 5.73 Å². The van der Waals surface area contributed by atoms with Gasteiger partial charge in [-0.2, -0.15) is 0 Å². The van der Waals surface area contributed by atoms with Gasteiger partial charge in [-0.25, -0.2) is 0 Å². The highest BCUT2D eigenvalue weighted by atomic mass is 15.1. The van der Waals surface area contributed by atoms with E-state index in [0.29, 0.717) is 6.04 Å². The Hall–Kier alpha value is -0.0800. The van der Waals surface area contributed by atoms with Crippen molar-refractivity contribution in [1.29, 1.82) is 0 Å². The van der Waals surface area contributed by atoms with Gasteiger partial charge in [0, 0.05) is 18.1 Å². The minimum atomic E-state index is 0.168. The van der Waals surface area contributed by atoms with Crippen molar-refractivity contribution in [2.75, 3.05) is 13.1 Å².